The molecule has 0 N–H and O–H groups in total. The van der Waals surface area contributed by atoms with Crippen LogP contribution in [0.15, 0.2) is 0 Å². The molecule has 0 radical (unpaired) electrons. The van der Waals surface area contributed by atoms with E-state index < -0.39 is 0 Å². The van der Waals surface area contributed by atoms with Crippen LogP contribution in [-0.4, -0.2) is 13.1 Å². The third-order valence-corrected chi connectivity index (χ3v) is 3.23. The summed E-state index contributed by atoms with van der Waals surface area (Å²) >= 11 is 0. The van der Waals surface area contributed by atoms with Gasteiger partial charge in [-0.1, -0.05) is 0 Å². The molecule has 0 saturated heterocycles. The molecule has 0 aliphatic heterocycles. The highest BCUT2D eigenvalue weighted by Gasteiger charge is 2.75. The van der Waals surface area contributed by atoms with Gasteiger partial charge < -0.3 is 4.74 Å². The maximum absolute atomic E-state index is 11.1. The average molecular weight is 140 g/mol. The topological polar surface area (TPSA) is 26.3 Å². The molecule has 2 nitrogen and oxygen atoms in total. The molecule has 0 heterocycles. The van der Waals surface area contributed by atoms with Crippen molar-refractivity contribution in [3.63, 3.8) is 0 Å². The summed E-state index contributed by atoms with van der Waals surface area (Å²) in [5, 5.41) is 0. The van der Waals surface area contributed by atoms with Crippen LogP contribution in [-0.2, 0) is 9.53 Å². The third-order valence-electron chi connectivity index (χ3n) is 3.23. The highest BCUT2D eigenvalue weighted by Crippen LogP contribution is 2.78. The standard InChI is InChI=1S/C8H12O2/c1-7(6(9)10-2)5-8(7)3-4-8/h3-5H2,1-2H3. The Balaban J connectivity index is 2.12. The minimum Gasteiger partial charge on any atom is -0.469 e. The molecule has 1 atom stereocenters. The van der Waals surface area contributed by atoms with Gasteiger partial charge in [0.05, 0.1) is 12.5 Å². The Morgan fingerprint density at radius 1 is 1.50 bits per heavy atom. The van der Waals surface area contributed by atoms with E-state index in [1.54, 1.807) is 0 Å². The van der Waals surface area contributed by atoms with Crippen molar-refractivity contribution in [2.75, 3.05) is 7.11 Å². The van der Waals surface area contributed by atoms with Crippen LogP contribution in [0.1, 0.15) is 26.2 Å². The summed E-state index contributed by atoms with van der Waals surface area (Å²) in [6, 6.07) is 0. The van der Waals surface area contributed by atoms with Crippen LogP contribution in [0.25, 0.3) is 0 Å². The molecule has 2 aliphatic carbocycles. The quantitative estimate of drug-likeness (QED) is 0.514. The summed E-state index contributed by atoms with van der Waals surface area (Å²) in [4.78, 5) is 11.1. The first-order valence-electron chi connectivity index (χ1n) is 3.73. The van der Waals surface area contributed by atoms with Gasteiger partial charge in [-0.25, -0.2) is 0 Å². The van der Waals surface area contributed by atoms with Gasteiger partial charge in [0.1, 0.15) is 0 Å². The van der Waals surface area contributed by atoms with E-state index >= 15 is 0 Å². The summed E-state index contributed by atoms with van der Waals surface area (Å²) in [7, 11) is 1.47. The van der Waals surface area contributed by atoms with Crippen LogP contribution in [0, 0.1) is 10.8 Å². The van der Waals surface area contributed by atoms with Gasteiger partial charge in [0.25, 0.3) is 0 Å². The number of carbonyl (C=O) groups is 1. The average Bonchev–Trinajstić information content (AvgIpc) is 2.77. The summed E-state index contributed by atoms with van der Waals surface area (Å²) in [6.45, 7) is 2.02. The number of rotatable bonds is 1. The van der Waals surface area contributed by atoms with Crippen LogP contribution < -0.4 is 0 Å². The summed E-state index contributed by atoms with van der Waals surface area (Å²) in [6.07, 6.45) is 3.53. The fourth-order valence-electron chi connectivity index (χ4n) is 2.03. The molecule has 0 aromatic rings. The minimum atomic E-state index is -0.0955. The number of hydrogen-bond donors (Lipinski definition) is 0. The lowest BCUT2D eigenvalue weighted by Gasteiger charge is -2.05. The van der Waals surface area contributed by atoms with Crippen molar-refractivity contribution in [1.82, 2.24) is 0 Å². The van der Waals surface area contributed by atoms with E-state index in [9.17, 15) is 4.79 Å². The first-order chi connectivity index (χ1) is 4.65. The first-order valence-corrected chi connectivity index (χ1v) is 3.73. The molecule has 0 aromatic heterocycles. The fourth-order valence-corrected chi connectivity index (χ4v) is 2.03. The van der Waals surface area contributed by atoms with E-state index in [0.717, 1.165) is 6.42 Å². The molecule has 1 unspecified atom stereocenters. The van der Waals surface area contributed by atoms with E-state index in [1.807, 2.05) is 6.92 Å². The van der Waals surface area contributed by atoms with Crippen molar-refractivity contribution >= 4 is 5.97 Å². The van der Waals surface area contributed by atoms with Gasteiger partial charge in [0.15, 0.2) is 0 Å². The van der Waals surface area contributed by atoms with Crippen molar-refractivity contribution in [3.05, 3.63) is 0 Å². The number of methoxy groups -OCH3 is 1. The smallest absolute Gasteiger partial charge is 0.312 e. The second kappa shape index (κ2) is 1.39. The highest BCUT2D eigenvalue weighted by molar-refractivity contribution is 5.82. The maximum atomic E-state index is 11.1. The fraction of sp³-hybridized carbons (Fsp3) is 0.875. The van der Waals surface area contributed by atoms with E-state index in [-0.39, 0.29) is 11.4 Å². The van der Waals surface area contributed by atoms with E-state index in [2.05, 4.69) is 0 Å². The van der Waals surface area contributed by atoms with Crippen molar-refractivity contribution in [2.24, 2.45) is 10.8 Å². The number of esters is 1. The molecule has 0 bridgehead atoms. The van der Waals surface area contributed by atoms with E-state index in [1.165, 1.54) is 20.0 Å². The monoisotopic (exact) mass is 140 g/mol. The molecule has 2 saturated carbocycles. The molecule has 2 fully saturated rings. The van der Waals surface area contributed by atoms with Crippen LogP contribution in [0.4, 0.5) is 0 Å². The van der Waals surface area contributed by atoms with Gasteiger partial charge in [0, 0.05) is 0 Å². The largest absolute Gasteiger partial charge is 0.469 e. The zero-order chi connectivity index (χ0) is 7.41. The van der Waals surface area contributed by atoms with E-state index in [0.29, 0.717) is 5.41 Å². The molecule has 0 aromatic carbocycles. The Labute approximate surface area is 60.6 Å². The molecule has 1 spiro atoms. The normalized spacial score (nSPS) is 39.4. The van der Waals surface area contributed by atoms with Crippen LogP contribution >= 0.6 is 0 Å². The Morgan fingerprint density at radius 3 is 2.40 bits per heavy atom. The Bertz CT molecular complexity index is 193. The number of hydrogen-bond acceptors (Lipinski definition) is 2. The van der Waals surface area contributed by atoms with Crippen LogP contribution in [0.3, 0.4) is 0 Å². The molecule has 0 amide bonds. The zero-order valence-corrected chi connectivity index (χ0v) is 6.44. The molecular formula is C8H12O2. The van der Waals surface area contributed by atoms with Gasteiger partial charge in [-0.3, -0.25) is 4.79 Å². The van der Waals surface area contributed by atoms with Crippen LogP contribution in [0.2, 0.25) is 0 Å². The van der Waals surface area contributed by atoms with Gasteiger partial charge >= 0.3 is 5.97 Å². The Hall–Kier alpha value is -0.530. The van der Waals surface area contributed by atoms with Crippen molar-refractivity contribution in [3.8, 4) is 0 Å². The molecule has 2 heteroatoms. The summed E-state index contributed by atoms with van der Waals surface area (Å²) < 4.78 is 4.71. The lowest BCUT2D eigenvalue weighted by atomic mass is 10.1. The second-order valence-electron chi connectivity index (χ2n) is 3.78. The minimum absolute atomic E-state index is 0.00926. The second-order valence-corrected chi connectivity index (χ2v) is 3.78. The highest BCUT2D eigenvalue weighted by atomic mass is 16.5. The molecular weight excluding hydrogens is 128 g/mol. The summed E-state index contributed by atoms with van der Waals surface area (Å²) in [5.74, 6) is -0.00926. The van der Waals surface area contributed by atoms with E-state index in [4.69, 9.17) is 4.74 Å². The summed E-state index contributed by atoms with van der Waals surface area (Å²) in [5.41, 5.74) is 0.307. The molecule has 2 rings (SSSR count). The predicted molar refractivity (Wildman–Crippen MR) is 36.4 cm³/mol. The Morgan fingerprint density at radius 2 is 2.10 bits per heavy atom. The first kappa shape index (κ1) is 6.20. The van der Waals surface area contributed by atoms with Gasteiger partial charge in [-0.15, -0.1) is 0 Å². The van der Waals surface area contributed by atoms with Crippen molar-refractivity contribution < 1.29 is 9.53 Å². The molecule has 2 aliphatic rings. The lowest BCUT2D eigenvalue weighted by Crippen LogP contribution is -2.16. The zero-order valence-electron chi connectivity index (χ0n) is 6.44. The van der Waals surface area contributed by atoms with Crippen molar-refractivity contribution in [1.29, 1.82) is 0 Å². The van der Waals surface area contributed by atoms with Crippen LogP contribution in [0.5, 0.6) is 0 Å². The predicted octanol–water partition coefficient (Wildman–Crippen LogP) is 1.35. The van der Waals surface area contributed by atoms with Gasteiger partial charge in [-0.05, 0) is 31.6 Å². The number of ether oxygens (including phenoxy) is 1. The van der Waals surface area contributed by atoms with Gasteiger partial charge in [0.2, 0.25) is 0 Å². The molecule has 56 valence electrons. The third kappa shape index (κ3) is 0.482. The lowest BCUT2D eigenvalue weighted by molar-refractivity contribution is -0.147. The van der Waals surface area contributed by atoms with Gasteiger partial charge in [-0.2, -0.15) is 0 Å². The number of carbonyl (C=O) groups excluding carboxylic acids is 1. The SMILES string of the molecule is COC(=O)C1(C)CC12CC2. The van der Waals surface area contributed by atoms with Crippen molar-refractivity contribution in [2.45, 2.75) is 26.2 Å². The Kier molecular flexibility index (Phi) is 0.859. The molecule has 10 heavy (non-hydrogen) atoms. The maximum Gasteiger partial charge on any atom is 0.312 e.